The fraction of sp³-hybridized carbons (Fsp3) is 0.333. The van der Waals surface area contributed by atoms with E-state index in [1.54, 1.807) is 16.7 Å². The lowest BCUT2D eigenvalue weighted by Gasteiger charge is -2.17. The first-order chi connectivity index (χ1) is 15.8. The van der Waals surface area contributed by atoms with Gasteiger partial charge in [-0.05, 0) is 43.4 Å². The topological polar surface area (TPSA) is 58.4 Å². The number of nitrogens with zero attached hydrogens (tertiary/aromatic N) is 2. The number of aromatic nitrogens is 1. The third kappa shape index (κ3) is 7.73. The maximum absolute atomic E-state index is 11.8. The van der Waals surface area contributed by atoms with Gasteiger partial charge in [-0.1, -0.05) is 66.7 Å². The molecule has 1 heterocycles. The van der Waals surface area contributed by atoms with Gasteiger partial charge in [-0.15, -0.1) is 0 Å². The molecule has 0 aliphatic rings. The summed E-state index contributed by atoms with van der Waals surface area (Å²) >= 11 is 0. The Bertz CT molecular complexity index is 999. The third-order valence-corrected chi connectivity index (χ3v) is 5.43. The van der Waals surface area contributed by atoms with E-state index < -0.39 is 0 Å². The summed E-state index contributed by atoms with van der Waals surface area (Å²) < 4.78 is 1.76. The van der Waals surface area contributed by atoms with E-state index in [1.807, 2.05) is 12.3 Å². The molecular weight excluding hydrogens is 396 g/mol. The van der Waals surface area contributed by atoms with Crippen LogP contribution >= 0.6 is 0 Å². The van der Waals surface area contributed by atoms with Crippen molar-refractivity contribution in [1.82, 2.24) is 15.2 Å². The van der Waals surface area contributed by atoms with Gasteiger partial charge < -0.3 is 15.2 Å². The molecule has 1 aromatic heterocycles. The van der Waals surface area contributed by atoms with Crippen molar-refractivity contribution in [3.63, 3.8) is 0 Å². The van der Waals surface area contributed by atoms with E-state index in [9.17, 15) is 4.79 Å². The molecule has 1 atom stereocenters. The SMILES string of the molecule is CCNC(=NCC(Cc1ccccc1)c1ccccc1)NCCCCn1ccccc1=O. The van der Waals surface area contributed by atoms with Crippen molar-refractivity contribution in [2.45, 2.75) is 38.6 Å². The van der Waals surface area contributed by atoms with E-state index in [1.165, 1.54) is 11.1 Å². The number of hydrogen-bond acceptors (Lipinski definition) is 2. The predicted molar refractivity (Wildman–Crippen MR) is 133 cm³/mol. The summed E-state index contributed by atoms with van der Waals surface area (Å²) in [6.45, 7) is 5.18. The minimum Gasteiger partial charge on any atom is -0.357 e. The standard InChI is InChI=1S/C27H34N4O/c1-2-28-27(29-18-10-12-20-31-19-11-9-17-26(31)32)30-22-25(24-15-7-4-8-16-24)21-23-13-5-3-6-14-23/h3-9,11,13-17,19,25H,2,10,12,18,20-22H2,1H3,(H2,28,29,30). The van der Waals surface area contributed by atoms with Crippen molar-refractivity contribution in [1.29, 1.82) is 0 Å². The van der Waals surface area contributed by atoms with Crippen LogP contribution in [0.15, 0.2) is 94.8 Å². The van der Waals surface area contributed by atoms with Crippen LogP contribution in [0, 0.1) is 0 Å². The Hall–Kier alpha value is -3.34. The quantitative estimate of drug-likeness (QED) is 0.272. The van der Waals surface area contributed by atoms with Gasteiger partial charge in [-0.25, -0.2) is 0 Å². The molecule has 3 aromatic rings. The van der Waals surface area contributed by atoms with Gasteiger partial charge in [0, 0.05) is 44.4 Å². The molecule has 0 radical (unpaired) electrons. The van der Waals surface area contributed by atoms with E-state index in [2.05, 4.69) is 78.2 Å². The Morgan fingerprint density at radius 2 is 1.62 bits per heavy atom. The second kappa shape index (κ2) is 13.2. The smallest absolute Gasteiger partial charge is 0.250 e. The second-order valence-corrected chi connectivity index (χ2v) is 7.88. The van der Waals surface area contributed by atoms with Crippen LogP contribution in [0.1, 0.15) is 36.8 Å². The zero-order chi connectivity index (χ0) is 22.4. The zero-order valence-electron chi connectivity index (χ0n) is 18.9. The van der Waals surface area contributed by atoms with Gasteiger partial charge in [0.1, 0.15) is 0 Å². The van der Waals surface area contributed by atoms with E-state index >= 15 is 0 Å². The number of pyridine rings is 1. The molecule has 5 heteroatoms. The van der Waals surface area contributed by atoms with E-state index in [0.717, 1.165) is 44.9 Å². The summed E-state index contributed by atoms with van der Waals surface area (Å²) in [6, 6.07) is 26.5. The molecule has 1 unspecified atom stereocenters. The highest BCUT2D eigenvalue weighted by atomic mass is 16.1. The van der Waals surface area contributed by atoms with Gasteiger partial charge in [-0.2, -0.15) is 0 Å². The number of aryl methyl sites for hydroxylation is 1. The van der Waals surface area contributed by atoms with Gasteiger partial charge in [0.25, 0.3) is 0 Å². The van der Waals surface area contributed by atoms with E-state index in [0.29, 0.717) is 12.5 Å². The Morgan fingerprint density at radius 1 is 0.906 bits per heavy atom. The molecule has 2 aromatic carbocycles. The van der Waals surface area contributed by atoms with Gasteiger partial charge >= 0.3 is 0 Å². The van der Waals surface area contributed by atoms with Crippen LogP contribution in [0.25, 0.3) is 0 Å². The van der Waals surface area contributed by atoms with Crippen LogP contribution < -0.4 is 16.2 Å². The molecule has 0 saturated heterocycles. The minimum atomic E-state index is 0.0562. The van der Waals surface area contributed by atoms with Crippen LogP contribution in [0.5, 0.6) is 0 Å². The first kappa shape index (κ1) is 23.3. The summed E-state index contributed by atoms with van der Waals surface area (Å²) in [5, 5.41) is 6.80. The highest BCUT2D eigenvalue weighted by molar-refractivity contribution is 5.79. The van der Waals surface area contributed by atoms with Crippen molar-refractivity contribution in [2.75, 3.05) is 19.6 Å². The first-order valence-corrected chi connectivity index (χ1v) is 11.5. The monoisotopic (exact) mass is 430 g/mol. The molecule has 0 aliphatic heterocycles. The molecule has 32 heavy (non-hydrogen) atoms. The van der Waals surface area contributed by atoms with Crippen molar-refractivity contribution in [2.24, 2.45) is 4.99 Å². The molecule has 2 N–H and O–H groups in total. The maximum atomic E-state index is 11.8. The maximum Gasteiger partial charge on any atom is 0.250 e. The third-order valence-electron chi connectivity index (χ3n) is 5.43. The summed E-state index contributed by atoms with van der Waals surface area (Å²) in [4.78, 5) is 16.7. The summed E-state index contributed by atoms with van der Waals surface area (Å²) in [5.74, 6) is 1.16. The van der Waals surface area contributed by atoms with Crippen molar-refractivity contribution in [3.8, 4) is 0 Å². The Kier molecular flexibility index (Phi) is 9.59. The minimum absolute atomic E-state index is 0.0562. The molecule has 5 nitrogen and oxygen atoms in total. The molecule has 0 fully saturated rings. The molecule has 168 valence electrons. The van der Waals surface area contributed by atoms with Gasteiger partial charge in [0.2, 0.25) is 5.56 Å². The van der Waals surface area contributed by atoms with Crippen LogP contribution in [0.4, 0.5) is 0 Å². The van der Waals surface area contributed by atoms with Gasteiger partial charge in [0.15, 0.2) is 5.96 Å². The Morgan fingerprint density at radius 3 is 2.34 bits per heavy atom. The van der Waals surface area contributed by atoms with Crippen LogP contribution in [-0.2, 0) is 13.0 Å². The average Bonchev–Trinajstić information content (AvgIpc) is 2.83. The fourth-order valence-corrected chi connectivity index (χ4v) is 3.71. The largest absolute Gasteiger partial charge is 0.357 e. The molecular formula is C27H34N4O. The Balaban J connectivity index is 1.55. The lowest BCUT2D eigenvalue weighted by atomic mass is 9.92. The second-order valence-electron chi connectivity index (χ2n) is 7.88. The molecule has 0 spiro atoms. The number of hydrogen-bond donors (Lipinski definition) is 2. The fourth-order valence-electron chi connectivity index (χ4n) is 3.71. The lowest BCUT2D eigenvalue weighted by Crippen LogP contribution is -2.38. The first-order valence-electron chi connectivity index (χ1n) is 11.5. The van der Waals surface area contributed by atoms with Crippen molar-refractivity contribution >= 4 is 5.96 Å². The van der Waals surface area contributed by atoms with Crippen LogP contribution in [0.3, 0.4) is 0 Å². The highest BCUT2D eigenvalue weighted by Crippen LogP contribution is 2.21. The van der Waals surface area contributed by atoms with E-state index in [4.69, 9.17) is 4.99 Å². The number of unbranched alkanes of at least 4 members (excludes halogenated alkanes) is 1. The summed E-state index contributed by atoms with van der Waals surface area (Å²) in [6.07, 6.45) is 4.71. The van der Waals surface area contributed by atoms with Crippen LogP contribution in [-0.4, -0.2) is 30.2 Å². The predicted octanol–water partition coefficient (Wildman–Crippen LogP) is 4.21. The zero-order valence-corrected chi connectivity index (χ0v) is 18.9. The number of rotatable bonds is 11. The van der Waals surface area contributed by atoms with Crippen molar-refractivity contribution in [3.05, 3.63) is 107 Å². The highest BCUT2D eigenvalue weighted by Gasteiger charge is 2.12. The summed E-state index contributed by atoms with van der Waals surface area (Å²) in [7, 11) is 0. The normalized spacial score (nSPS) is 12.3. The van der Waals surface area contributed by atoms with Crippen molar-refractivity contribution < 1.29 is 0 Å². The van der Waals surface area contributed by atoms with E-state index in [-0.39, 0.29) is 5.56 Å². The molecule has 0 bridgehead atoms. The number of benzene rings is 2. The Labute approximate surface area is 191 Å². The summed E-state index contributed by atoms with van der Waals surface area (Å²) in [5.41, 5.74) is 2.69. The number of aliphatic imine (C=N–C) groups is 1. The molecule has 3 rings (SSSR count). The molecule has 0 amide bonds. The molecule has 0 saturated carbocycles. The van der Waals surface area contributed by atoms with Gasteiger partial charge in [-0.3, -0.25) is 9.79 Å². The molecule has 0 aliphatic carbocycles. The van der Waals surface area contributed by atoms with Gasteiger partial charge in [0.05, 0.1) is 0 Å². The number of nitrogens with one attached hydrogen (secondary N) is 2. The lowest BCUT2D eigenvalue weighted by molar-refractivity contribution is 0.585. The average molecular weight is 431 g/mol. The van der Waals surface area contributed by atoms with Crippen LogP contribution in [0.2, 0.25) is 0 Å². The number of guanidine groups is 1.